The number of hydrogen-bond acceptors (Lipinski definition) is 5. The van der Waals surface area contributed by atoms with Crippen molar-refractivity contribution in [3.63, 3.8) is 0 Å². The van der Waals surface area contributed by atoms with Gasteiger partial charge >= 0.3 is 0 Å². The molecule has 232 valence electrons. The van der Waals surface area contributed by atoms with Gasteiger partial charge in [0.15, 0.2) is 5.84 Å². The smallest absolute Gasteiger partial charge is 0.159 e. The quantitative estimate of drug-likeness (QED) is 0.204. The average molecular weight is 665 g/mol. The number of aromatic nitrogens is 1. The lowest BCUT2D eigenvalue weighted by Gasteiger charge is -2.24. The fourth-order valence-corrected chi connectivity index (χ4v) is 9.30. The summed E-state index contributed by atoms with van der Waals surface area (Å²) in [4.78, 5) is 15.3. The van der Waals surface area contributed by atoms with Gasteiger partial charge < -0.3 is 9.88 Å². The van der Waals surface area contributed by atoms with Crippen molar-refractivity contribution in [3.05, 3.63) is 174 Å². The van der Waals surface area contributed by atoms with Crippen molar-refractivity contribution in [2.24, 2.45) is 9.98 Å². The van der Waals surface area contributed by atoms with Crippen LogP contribution in [-0.2, 0) is 0 Å². The highest BCUT2D eigenvalue weighted by Crippen LogP contribution is 2.52. The molecule has 7 aromatic carbocycles. The Balaban J connectivity index is 1.13. The third-order valence-corrected chi connectivity index (χ3v) is 11.9. The fraction of sp³-hybridized carbons (Fsp3) is 0.0233. The van der Waals surface area contributed by atoms with Crippen molar-refractivity contribution in [1.29, 1.82) is 0 Å². The summed E-state index contributed by atoms with van der Waals surface area (Å²) in [6.45, 7) is 0. The van der Waals surface area contributed by atoms with Gasteiger partial charge in [-0.15, -0.1) is 0 Å². The van der Waals surface area contributed by atoms with E-state index in [0.29, 0.717) is 0 Å². The minimum Gasteiger partial charge on any atom is -0.344 e. The minimum atomic E-state index is -0.238. The van der Waals surface area contributed by atoms with Crippen molar-refractivity contribution in [2.45, 2.75) is 25.7 Å². The van der Waals surface area contributed by atoms with Crippen LogP contribution in [0.3, 0.4) is 0 Å². The molecule has 0 saturated carbocycles. The predicted molar refractivity (Wildman–Crippen MR) is 205 cm³/mol. The van der Waals surface area contributed by atoms with Crippen molar-refractivity contribution < 1.29 is 0 Å². The number of fused-ring (bicyclic) bond motifs is 7. The van der Waals surface area contributed by atoms with Gasteiger partial charge in [-0.3, -0.25) is 0 Å². The van der Waals surface area contributed by atoms with Gasteiger partial charge in [0.1, 0.15) is 12.0 Å². The Morgan fingerprint density at radius 1 is 0.551 bits per heavy atom. The maximum absolute atomic E-state index is 5.05. The summed E-state index contributed by atoms with van der Waals surface area (Å²) in [7, 11) is 0. The molecule has 3 heterocycles. The van der Waals surface area contributed by atoms with E-state index in [4.69, 9.17) is 9.98 Å². The first kappa shape index (κ1) is 28.5. The molecule has 1 atom stereocenters. The van der Waals surface area contributed by atoms with E-state index in [-0.39, 0.29) is 6.17 Å². The SMILES string of the molecule is c1ccc(C2=NC(c3ccccc3)NC(c3ccc(-n4c5cc6ccccc6cc5c5ccc6c(c54)Sc4ccccc4S6)cc3)=N2)cc1. The van der Waals surface area contributed by atoms with Gasteiger partial charge in [-0.05, 0) is 70.9 Å². The number of rotatable bonds is 4. The Morgan fingerprint density at radius 2 is 1.22 bits per heavy atom. The highest BCUT2D eigenvalue weighted by Gasteiger charge is 2.25. The molecule has 2 aliphatic rings. The van der Waals surface area contributed by atoms with Crippen LogP contribution in [0.2, 0.25) is 0 Å². The van der Waals surface area contributed by atoms with E-state index < -0.39 is 0 Å². The summed E-state index contributed by atoms with van der Waals surface area (Å²) in [5.74, 6) is 1.53. The van der Waals surface area contributed by atoms with E-state index in [9.17, 15) is 0 Å². The third kappa shape index (κ3) is 4.87. The van der Waals surface area contributed by atoms with Crippen LogP contribution in [0, 0.1) is 0 Å². The van der Waals surface area contributed by atoms with Crippen molar-refractivity contribution in [3.8, 4) is 5.69 Å². The van der Waals surface area contributed by atoms with Crippen LogP contribution < -0.4 is 5.32 Å². The van der Waals surface area contributed by atoms with Gasteiger partial charge in [0.25, 0.3) is 0 Å². The summed E-state index contributed by atoms with van der Waals surface area (Å²) < 4.78 is 2.46. The van der Waals surface area contributed by atoms with Gasteiger partial charge in [-0.2, -0.15) is 0 Å². The second-order valence-corrected chi connectivity index (χ2v) is 14.4. The lowest BCUT2D eigenvalue weighted by Crippen LogP contribution is -2.33. The first-order valence-corrected chi connectivity index (χ1v) is 18.0. The molecule has 1 N–H and O–H groups in total. The maximum atomic E-state index is 5.05. The molecule has 8 aromatic rings. The highest BCUT2D eigenvalue weighted by molar-refractivity contribution is 8.05. The zero-order valence-corrected chi connectivity index (χ0v) is 27.9. The molecule has 0 amide bonds. The summed E-state index contributed by atoms with van der Waals surface area (Å²) in [5, 5.41) is 8.63. The largest absolute Gasteiger partial charge is 0.344 e. The molecular weight excluding hydrogens is 637 g/mol. The molecule has 0 fully saturated rings. The number of benzene rings is 7. The van der Waals surface area contributed by atoms with E-state index >= 15 is 0 Å². The van der Waals surface area contributed by atoms with E-state index in [2.05, 4.69) is 143 Å². The van der Waals surface area contributed by atoms with Crippen LogP contribution in [-0.4, -0.2) is 16.2 Å². The van der Waals surface area contributed by atoms with Crippen molar-refractivity contribution >= 4 is 67.8 Å². The number of aliphatic imine (C=N–C) groups is 2. The van der Waals surface area contributed by atoms with Crippen LogP contribution in [0.5, 0.6) is 0 Å². The summed E-state index contributed by atoms with van der Waals surface area (Å²) >= 11 is 3.74. The standard InChI is InChI=1S/C43H28N4S2/c1-3-11-27(12-4-1)41-44-42(28-13-5-2-6-14-28)46-43(45-41)29-19-21-32(22-20-29)47-35-26-31-16-8-7-15-30(31)25-34(35)33-23-24-38-40(39(33)47)49-37-18-10-9-17-36(37)48-38/h1-26,41H,(H,44,45,46). The highest BCUT2D eigenvalue weighted by atomic mass is 32.2. The average Bonchev–Trinajstić information content (AvgIpc) is 3.50. The van der Waals surface area contributed by atoms with Crippen LogP contribution in [0.1, 0.15) is 22.9 Å². The lowest BCUT2D eigenvalue weighted by molar-refractivity contribution is 0.674. The summed E-state index contributed by atoms with van der Waals surface area (Å²) in [6.07, 6.45) is -0.238. The van der Waals surface area contributed by atoms with E-state index in [1.54, 1.807) is 0 Å². The molecule has 6 heteroatoms. The van der Waals surface area contributed by atoms with Gasteiger partial charge in [-0.25, -0.2) is 9.98 Å². The molecule has 0 spiro atoms. The Hall–Kier alpha value is -5.56. The lowest BCUT2D eigenvalue weighted by atomic mass is 10.1. The Bertz CT molecular complexity index is 2620. The summed E-state index contributed by atoms with van der Waals surface area (Å²) in [5.41, 5.74) is 6.68. The zero-order chi connectivity index (χ0) is 32.3. The monoisotopic (exact) mass is 664 g/mol. The van der Waals surface area contributed by atoms with Crippen LogP contribution >= 0.6 is 23.5 Å². The molecule has 1 aromatic heterocycles. The fourth-order valence-electron chi connectivity index (χ4n) is 6.92. The number of amidine groups is 2. The molecule has 0 aliphatic carbocycles. The molecule has 4 nitrogen and oxygen atoms in total. The number of hydrogen-bond donors (Lipinski definition) is 1. The molecule has 0 radical (unpaired) electrons. The second kappa shape index (κ2) is 11.5. The van der Waals surface area contributed by atoms with Gasteiger partial charge in [0.2, 0.25) is 0 Å². The van der Waals surface area contributed by atoms with E-state index in [1.165, 1.54) is 52.2 Å². The Kier molecular flexibility index (Phi) is 6.71. The Labute approximate surface area is 292 Å². The molecule has 2 aliphatic heterocycles. The van der Waals surface area contributed by atoms with E-state index in [0.717, 1.165) is 34.0 Å². The normalized spacial score (nSPS) is 15.4. The molecule has 0 saturated heterocycles. The van der Waals surface area contributed by atoms with Gasteiger partial charge in [0.05, 0.1) is 15.9 Å². The molecule has 1 unspecified atom stereocenters. The third-order valence-electron chi connectivity index (χ3n) is 9.28. The Morgan fingerprint density at radius 3 is 2.00 bits per heavy atom. The first-order valence-electron chi connectivity index (χ1n) is 16.4. The van der Waals surface area contributed by atoms with Crippen LogP contribution in [0.15, 0.2) is 187 Å². The van der Waals surface area contributed by atoms with Gasteiger partial charge in [-0.1, -0.05) is 127 Å². The van der Waals surface area contributed by atoms with Crippen molar-refractivity contribution in [2.75, 3.05) is 0 Å². The molecular formula is C43H28N4S2. The van der Waals surface area contributed by atoms with E-state index in [1.807, 2.05) is 47.8 Å². The maximum Gasteiger partial charge on any atom is 0.159 e. The predicted octanol–water partition coefficient (Wildman–Crippen LogP) is 11.0. The second-order valence-electron chi connectivity index (χ2n) is 12.3. The molecule has 0 bridgehead atoms. The molecule has 49 heavy (non-hydrogen) atoms. The number of nitrogens with zero attached hydrogens (tertiary/aromatic N) is 3. The topological polar surface area (TPSA) is 41.7 Å². The zero-order valence-electron chi connectivity index (χ0n) is 26.2. The van der Waals surface area contributed by atoms with Crippen LogP contribution in [0.25, 0.3) is 38.3 Å². The first-order chi connectivity index (χ1) is 24.3. The minimum absolute atomic E-state index is 0.238. The van der Waals surface area contributed by atoms with Gasteiger partial charge in [0, 0.05) is 42.3 Å². The summed E-state index contributed by atoms with van der Waals surface area (Å²) in [6, 6.07) is 56.1. The molecule has 10 rings (SSSR count). The van der Waals surface area contributed by atoms with Crippen molar-refractivity contribution in [1.82, 2.24) is 9.88 Å². The number of nitrogens with one attached hydrogen (secondary N) is 1. The van der Waals surface area contributed by atoms with Crippen LogP contribution in [0.4, 0.5) is 0 Å².